The molecule has 160 valence electrons. The lowest BCUT2D eigenvalue weighted by Crippen LogP contribution is -2.47. The molecule has 2 rings (SSSR count). The van der Waals surface area contributed by atoms with Gasteiger partial charge in [-0.15, -0.1) is 0 Å². The Bertz CT molecular complexity index is 895. The van der Waals surface area contributed by atoms with Gasteiger partial charge in [0.05, 0.1) is 5.56 Å². The van der Waals surface area contributed by atoms with E-state index in [1.165, 1.54) is 18.2 Å². The second-order valence-corrected chi connectivity index (χ2v) is 7.89. The molecule has 0 saturated heterocycles. The van der Waals surface area contributed by atoms with E-state index in [0.717, 1.165) is 0 Å². The highest BCUT2D eigenvalue weighted by molar-refractivity contribution is 6.01. The zero-order valence-electron chi connectivity index (χ0n) is 17.7. The summed E-state index contributed by atoms with van der Waals surface area (Å²) < 4.78 is 13.8. The molecule has 3 amide bonds. The second-order valence-electron chi connectivity index (χ2n) is 7.89. The van der Waals surface area contributed by atoms with Gasteiger partial charge in [0.1, 0.15) is 11.9 Å². The molecule has 0 saturated carbocycles. The van der Waals surface area contributed by atoms with Gasteiger partial charge in [0.25, 0.3) is 5.91 Å². The third-order valence-corrected chi connectivity index (χ3v) is 4.38. The average molecular weight is 413 g/mol. The Morgan fingerprint density at radius 2 is 1.43 bits per heavy atom. The number of hydrogen-bond donors (Lipinski definition) is 3. The molecular weight excluding hydrogens is 385 g/mol. The van der Waals surface area contributed by atoms with E-state index in [4.69, 9.17) is 0 Å². The van der Waals surface area contributed by atoms with Crippen LogP contribution in [0, 0.1) is 17.7 Å². The molecule has 6 nitrogen and oxygen atoms in total. The highest BCUT2D eigenvalue weighted by Gasteiger charge is 2.25. The van der Waals surface area contributed by atoms with Crippen molar-refractivity contribution in [1.29, 1.82) is 0 Å². The monoisotopic (exact) mass is 413 g/mol. The third kappa shape index (κ3) is 6.69. The number of anilines is 2. The number of carbonyl (C=O) groups excluding carboxylic acids is 3. The summed E-state index contributed by atoms with van der Waals surface area (Å²) in [5.74, 6) is -1.73. The fourth-order valence-electron chi connectivity index (χ4n) is 2.84. The van der Waals surface area contributed by atoms with E-state index < -0.39 is 23.7 Å². The van der Waals surface area contributed by atoms with Gasteiger partial charge in [-0.05, 0) is 48.2 Å². The second kappa shape index (κ2) is 10.5. The van der Waals surface area contributed by atoms with Crippen molar-refractivity contribution in [3.05, 3.63) is 59.9 Å². The van der Waals surface area contributed by atoms with Crippen LogP contribution in [0.4, 0.5) is 15.8 Å². The number of carbonyl (C=O) groups is 3. The smallest absolute Gasteiger partial charge is 0.254 e. The van der Waals surface area contributed by atoms with Crippen molar-refractivity contribution in [3.63, 3.8) is 0 Å². The molecule has 0 fully saturated rings. The van der Waals surface area contributed by atoms with E-state index in [2.05, 4.69) is 16.0 Å². The van der Waals surface area contributed by atoms with Gasteiger partial charge in [-0.25, -0.2) is 4.39 Å². The summed E-state index contributed by atoms with van der Waals surface area (Å²) in [6.07, 6.45) is 0.427. The topological polar surface area (TPSA) is 87.3 Å². The maximum Gasteiger partial charge on any atom is 0.254 e. The quantitative estimate of drug-likeness (QED) is 0.606. The minimum atomic E-state index is -0.845. The molecule has 30 heavy (non-hydrogen) atoms. The normalized spacial score (nSPS) is 11.8. The molecule has 0 spiro atoms. The Labute approximate surface area is 176 Å². The largest absolute Gasteiger partial charge is 0.340 e. The molecule has 2 aromatic rings. The number of hydrogen-bond acceptors (Lipinski definition) is 3. The first-order chi connectivity index (χ1) is 14.2. The highest BCUT2D eigenvalue weighted by Crippen LogP contribution is 2.16. The lowest BCUT2D eigenvalue weighted by molar-refractivity contribution is -0.119. The van der Waals surface area contributed by atoms with Crippen molar-refractivity contribution in [2.24, 2.45) is 11.8 Å². The number of nitrogens with one attached hydrogen (secondary N) is 3. The maximum absolute atomic E-state index is 13.8. The Morgan fingerprint density at radius 1 is 0.867 bits per heavy atom. The molecule has 0 bridgehead atoms. The van der Waals surface area contributed by atoms with Crippen LogP contribution in [0.2, 0.25) is 0 Å². The van der Waals surface area contributed by atoms with Gasteiger partial charge in [-0.2, -0.15) is 0 Å². The summed E-state index contributed by atoms with van der Waals surface area (Å²) in [5, 5.41) is 8.15. The summed E-state index contributed by atoms with van der Waals surface area (Å²) in [4.78, 5) is 36.9. The molecule has 0 aliphatic heterocycles. The molecule has 0 radical (unpaired) electrons. The van der Waals surface area contributed by atoms with Gasteiger partial charge in [0, 0.05) is 17.8 Å². The third-order valence-electron chi connectivity index (χ3n) is 4.38. The molecule has 3 N–H and O–H groups in total. The summed E-state index contributed by atoms with van der Waals surface area (Å²) in [6.45, 7) is 7.51. The maximum atomic E-state index is 13.8. The van der Waals surface area contributed by atoms with Gasteiger partial charge >= 0.3 is 0 Å². The Kier molecular flexibility index (Phi) is 8.09. The van der Waals surface area contributed by atoms with Gasteiger partial charge in [-0.1, -0.05) is 39.8 Å². The van der Waals surface area contributed by atoms with Crippen LogP contribution >= 0.6 is 0 Å². The van der Waals surface area contributed by atoms with E-state index in [1.54, 1.807) is 44.2 Å². The van der Waals surface area contributed by atoms with Crippen molar-refractivity contribution in [1.82, 2.24) is 5.32 Å². The van der Waals surface area contributed by atoms with Crippen molar-refractivity contribution in [2.75, 3.05) is 10.6 Å². The Hall–Kier alpha value is -3.22. The average Bonchev–Trinajstić information content (AvgIpc) is 2.66. The summed E-state index contributed by atoms with van der Waals surface area (Å²) in [7, 11) is 0. The van der Waals surface area contributed by atoms with Crippen molar-refractivity contribution < 1.29 is 18.8 Å². The van der Waals surface area contributed by atoms with Crippen LogP contribution in [-0.4, -0.2) is 23.8 Å². The summed E-state index contributed by atoms with van der Waals surface area (Å²) in [6, 6.07) is 11.5. The number of benzene rings is 2. The van der Waals surface area contributed by atoms with Crippen molar-refractivity contribution in [3.8, 4) is 0 Å². The van der Waals surface area contributed by atoms with Crippen LogP contribution in [0.25, 0.3) is 0 Å². The fourth-order valence-corrected chi connectivity index (χ4v) is 2.84. The van der Waals surface area contributed by atoms with Crippen LogP contribution in [0.3, 0.4) is 0 Å². The lowest BCUT2D eigenvalue weighted by atomic mass is 10.0. The van der Waals surface area contributed by atoms with Crippen LogP contribution in [0.1, 0.15) is 44.5 Å². The van der Waals surface area contributed by atoms with Gasteiger partial charge in [0.2, 0.25) is 11.8 Å². The highest BCUT2D eigenvalue weighted by atomic mass is 19.1. The number of amides is 3. The van der Waals surface area contributed by atoms with Crippen molar-refractivity contribution >= 4 is 29.1 Å². The first kappa shape index (κ1) is 23.1. The van der Waals surface area contributed by atoms with Crippen LogP contribution in [0.5, 0.6) is 0 Å². The van der Waals surface area contributed by atoms with Crippen LogP contribution in [-0.2, 0) is 9.59 Å². The Balaban J connectivity index is 2.02. The first-order valence-electron chi connectivity index (χ1n) is 9.93. The van der Waals surface area contributed by atoms with Crippen LogP contribution in [0.15, 0.2) is 48.5 Å². The fraction of sp³-hybridized carbons (Fsp3) is 0.348. The minimum absolute atomic E-state index is 0.0717. The zero-order chi connectivity index (χ0) is 22.3. The van der Waals surface area contributed by atoms with E-state index in [1.807, 2.05) is 13.8 Å². The van der Waals surface area contributed by atoms with Gasteiger partial charge in [-0.3, -0.25) is 14.4 Å². The van der Waals surface area contributed by atoms with E-state index >= 15 is 0 Å². The molecular formula is C23H28FN3O3. The molecule has 0 aliphatic rings. The minimum Gasteiger partial charge on any atom is -0.340 e. The molecule has 0 heterocycles. The van der Waals surface area contributed by atoms with Crippen molar-refractivity contribution in [2.45, 2.75) is 40.2 Å². The number of halogens is 1. The summed E-state index contributed by atoms with van der Waals surface area (Å²) >= 11 is 0. The molecule has 1 atom stereocenters. The standard InChI is InChI=1S/C23H28FN3O3/c1-14(2)13-20(28)25-16-9-11-17(12-10-16)26-23(30)21(15(3)4)27-22(29)18-7-5-6-8-19(18)24/h5-12,14-15,21H,13H2,1-4H3,(H,25,28)(H,26,30)(H,27,29). The van der Waals surface area contributed by atoms with Crippen LogP contribution < -0.4 is 16.0 Å². The molecule has 7 heteroatoms. The van der Waals surface area contributed by atoms with Gasteiger partial charge in [0.15, 0.2) is 0 Å². The lowest BCUT2D eigenvalue weighted by Gasteiger charge is -2.22. The van der Waals surface area contributed by atoms with Gasteiger partial charge < -0.3 is 16.0 Å². The van der Waals surface area contributed by atoms with E-state index in [0.29, 0.717) is 17.8 Å². The molecule has 0 aliphatic carbocycles. The van der Waals surface area contributed by atoms with E-state index in [9.17, 15) is 18.8 Å². The molecule has 2 aromatic carbocycles. The molecule has 1 unspecified atom stereocenters. The zero-order valence-corrected chi connectivity index (χ0v) is 17.7. The predicted octanol–water partition coefficient (Wildman–Crippen LogP) is 4.20. The Morgan fingerprint density at radius 3 is 1.97 bits per heavy atom. The predicted molar refractivity (Wildman–Crippen MR) is 116 cm³/mol. The number of rotatable bonds is 8. The summed E-state index contributed by atoms with van der Waals surface area (Å²) in [5.41, 5.74) is 1.04. The molecule has 0 aromatic heterocycles. The van der Waals surface area contributed by atoms with E-state index in [-0.39, 0.29) is 23.3 Å². The SMILES string of the molecule is CC(C)CC(=O)Nc1ccc(NC(=O)C(NC(=O)c2ccccc2F)C(C)C)cc1. The first-order valence-corrected chi connectivity index (χ1v) is 9.93.